The van der Waals surface area contributed by atoms with E-state index in [1.165, 1.54) is 23.2 Å². The maximum atomic E-state index is 13.6. The maximum absolute atomic E-state index is 13.6. The van der Waals surface area contributed by atoms with Gasteiger partial charge in [0.05, 0.1) is 17.3 Å². The topological polar surface area (TPSA) is 120 Å². The van der Waals surface area contributed by atoms with Crippen molar-refractivity contribution in [3.05, 3.63) is 60.0 Å². The van der Waals surface area contributed by atoms with Gasteiger partial charge in [-0.2, -0.15) is 0 Å². The number of likely N-dealkylation sites (N-methyl/N-ethyl adjacent to an activating group) is 1. The lowest BCUT2D eigenvalue weighted by Crippen LogP contribution is -2.33. The van der Waals surface area contributed by atoms with E-state index in [0.717, 1.165) is 0 Å². The van der Waals surface area contributed by atoms with Crippen LogP contribution in [-0.4, -0.2) is 54.0 Å². The van der Waals surface area contributed by atoms with E-state index in [1.807, 2.05) is 0 Å². The van der Waals surface area contributed by atoms with Crippen LogP contribution in [-0.2, 0) is 16.0 Å². The van der Waals surface area contributed by atoms with Gasteiger partial charge in [-0.25, -0.2) is 14.4 Å². The lowest BCUT2D eigenvalue weighted by Gasteiger charge is -2.25. The third-order valence-corrected chi connectivity index (χ3v) is 5.36. The Balaban J connectivity index is 1.57. The number of nitrogens with zero attached hydrogens (tertiary/aromatic N) is 3. The molecule has 0 bridgehead atoms. The molecule has 3 aromatic rings. The first-order valence-electron chi connectivity index (χ1n) is 10.6. The van der Waals surface area contributed by atoms with Crippen LogP contribution in [0.15, 0.2) is 48.7 Å². The van der Waals surface area contributed by atoms with Crippen molar-refractivity contribution < 1.29 is 23.5 Å². The number of hydrogen-bond acceptors (Lipinski definition) is 7. The molecule has 1 unspecified atom stereocenters. The second kappa shape index (κ2) is 9.74. The highest BCUT2D eigenvalue weighted by Gasteiger charge is 2.27. The second-order valence-corrected chi connectivity index (χ2v) is 8.04. The Hall–Kier alpha value is -4.21. The summed E-state index contributed by atoms with van der Waals surface area (Å²) in [5.74, 6) is -0.468. The van der Waals surface area contributed by atoms with Crippen LogP contribution < -0.4 is 20.5 Å². The molecule has 0 saturated heterocycles. The van der Waals surface area contributed by atoms with Crippen molar-refractivity contribution in [3.63, 3.8) is 0 Å². The highest BCUT2D eigenvalue weighted by molar-refractivity contribution is 5.95. The summed E-state index contributed by atoms with van der Waals surface area (Å²) in [7, 11) is 3.25. The van der Waals surface area contributed by atoms with E-state index in [4.69, 9.17) is 15.2 Å². The Morgan fingerprint density at radius 3 is 2.82 bits per heavy atom. The summed E-state index contributed by atoms with van der Waals surface area (Å²) in [5.41, 5.74) is 7.94. The Kier molecular flexibility index (Phi) is 6.58. The first-order chi connectivity index (χ1) is 16.3. The summed E-state index contributed by atoms with van der Waals surface area (Å²) < 4.78 is 25.0. The number of aromatic nitrogens is 2. The molecule has 1 aromatic heterocycles. The Morgan fingerprint density at radius 2 is 2.06 bits per heavy atom. The number of ether oxygens (including phenoxy) is 2. The fourth-order valence-corrected chi connectivity index (χ4v) is 3.47. The summed E-state index contributed by atoms with van der Waals surface area (Å²) in [6.07, 6.45) is 1.87. The molecule has 9 nitrogen and oxygen atoms in total. The Labute approximate surface area is 195 Å². The van der Waals surface area contributed by atoms with Crippen LogP contribution in [0.1, 0.15) is 5.56 Å². The maximum Gasteiger partial charge on any atom is 0.259 e. The summed E-state index contributed by atoms with van der Waals surface area (Å²) >= 11 is 0. The van der Waals surface area contributed by atoms with Gasteiger partial charge >= 0.3 is 0 Å². The SMILES string of the molecule is CN(C)C(=O)COc1cc(-c2ccnc(N)n2)ccc1NC(=O)C1COc2ccc(F)cc2C1. The van der Waals surface area contributed by atoms with Gasteiger partial charge in [-0.3, -0.25) is 9.59 Å². The number of carbonyl (C=O) groups is 2. The van der Waals surface area contributed by atoms with E-state index in [1.54, 1.807) is 44.4 Å². The van der Waals surface area contributed by atoms with E-state index in [0.29, 0.717) is 40.4 Å². The smallest absolute Gasteiger partial charge is 0.259 e. The monoisotopic (exact) mass is 465 g/mol. The predicted molar refractivity (Wildman–Crippen MR) is 124 cm³/mol. The van der Waals surface area contributed by atoms with Gasteiger partial charge in [-0.05, 0) is 48.4 Å². The molecule has 34 heavy (non-hydrogen) atoms. The molecular formula is C24H24FN5O4. The standard InChI is InChI=1S/C24H24FN5O4/c1-30(2)22(31)13-34-21-11-14(18-7-8-27-24(26)29-18)3-5-19(21)28-23(32)16-9-15-10-17(25)4-6-20(15)33-12-16/h3-8,10-11,16H,9,12-13H2,1-2H3,(H,28,32)(H2,26,27,29). The average Bonchev–Trinajstić information content (AvgIpc) is 2.82. The quantitative estimate of drug-likeness (QED) is 0.574. The molecule has 2 heterocycles. The highest BCUT2D eigenvalue weighted by atomic mass is 19.1. The number of nitrogens with one attached hydrogen (secondary N) is 1. The zero-order valence-corrected chi connectivity index (χ0v) is 18.7. The molecule has 1 aliphatic heterocycles. The van der Waals surface area contributed by atoms with E-state index < -0.39 is 5.92 Å². The van der Waals surface area contributed by atoms with E-state index in [2.05, 4.69) is 15.3 Å². The molecule has 0 aliphatic carbocycles. The lowest BCUT2D eigenvalue weighted by molar-refractivity contribution is -0.130. The number of nitrogens with two attached hydrogens (primary N) is 1. The number of benzene rings is 2. The van der Waals surface area contributed by atoms with Gasteiger partial charge in [-0.15, -0.1) is 0 Å². The average molecular weight is 465 g/mol. The van der Waals surface area contributed by atoms with Crippen molar-refractivity contribution >= 4 is 23.5 Å². The number of amides is 2. The first-order valence-corrected chi connectivity index (χ1v) is 10.6. The van der Waals surface area contributed by atoms with Crippen LogP contribution in [0.5, 0.6) is 11.5 Å². The molecule has 3 N–H and O–H groups in total. The highest BCUT2D eigenvalue weighted by Crippen LogP contribution is 2.33. The zero-order valence-electron chi connectivity index (χ0n) is 18.7. The molecular weight excluding hydrogens is 441 g/mol. The predicted octanol–water partition coefficient (Wildman–Crippen LogP) is 2.52. The van der Waals surface area contributed by atoms with Crippen molar-refractivity contribution in [2.24, 2.45) is 5.92 Å². The molecule has 0 spiro atoms. The normalized spacial score (nSPS) is 14.5. The van der Waals surface area contributed by atoms with Crippen LogP contribution in [0.3, 0.4) is 0 Å². The molecule has 4 rings (SSSR count). The number of carbonyl (C=O) groups excluding carboxylic acids is 2. The molecule has 1 atom stereocenters. The van der Waals surface area contributed by atoms with Crippen molar-refractivity contribution in [2.75, 3.05) is 38.4 Å². The van der Waals surface area contributed by atoms with E-state index >= 15 is 0 Å². The van der Waals surface area contributed by atoms with Gasteiger partial charge in [-0.1, -0.05) is 6.07 Å². The third kappa shape index (κ3) is 5.22. The van der Waals surface area contributed by atoms with Crippen LogP contribution in [0, 0.1) is 11.7 Å². The number of rotatable bonds is 6. The van der Waals surface area contributed by atoms with E-state index in [9.17, 15) is 14.0 Å². The molecule has 0 fully saturated rings. The molecule has 2 aromatic carbocycles. The van der Waals surface area contributed by atoms with E-state index in [-0.39, 0.29) is 36.8 Å². The van der Waals surface area contributed by atoms with Crippen molar-refractivity contribution in [2.45, 2.75) is 6.42 Å². The molecule has 0 saturated carbocycles. The number of anilines is 2. The summed E-state index contributed by atoms with van der Waals surface area (Å²) in [4.78, 5) is 34.6. The van der Waals surface area contributed by atoms with Gasteiger partial charge in [0.25, 0.3) is 5.91 Å². The number of fused-ring (bicyclic) bond motifs is 1. The number of nitrogen functional groups attached to an aromatic ring is 1. The van der Waals surface area contributed by atoms with Crippen LogP contribution in [0.25, 0.3) is 11.3 Å². The summed E-state index contributed by atoms with van der Waals surface area (Å²) in [6, 6.07) is 11.0. The minimum Gasteiger partial charge on any atom is -0.492 e. The van der Waals surface area contributed by atoms with Gasteiger partial charge < -0.3 is 25.4 Å². The minimum absolute atomic E-state index is 0.120. The van der Waals surface area contributed by atoms with Crippen LogP contribution >= 0.6 is 0 Å². The first kappa shape index (κ1) is 23.0. The molecule has 176 valence electrons. The molecule has 0 radical (unpaired) electrons. The van der Waals surface area contributed by atoms with Crippen molar-refractivity contribution in [1.82, 2.24) is 14.9 Å². The Bertz CT molecular complexity index is 1230. The van der Waals surface area contributed by atoms with Gasteiger partial charge in [0.2, 0.25) is 11.9 Å². The summed E-state index contributed by atoms with van der Waals surface area (Å²) in [6.45, 7) is -0.0531. The van der Waals surface area contributed by atoms with Crippen LogP contribution in [0.2, 0.25) is 0 Å². The fourth-order valence-electron chi connectivity index (χ4n) is 3.47. The van der Waals surface area contributed by atoms with Crippen LogP contribution in [0.4, 0.5) is 16.0 Å². The fraction of sp³-hybridized carbons (Fsp3) is 0.250. The summed E-state index contributed by atoms with van der Waals surface area (Å²) in [5, 5.41) is 2.85. The number of hydrogen-bond donors (Lipinski definition) is 2. The van der Waals surface area contributed by atoms with Crippen molar-refractivity contribution in [3.8, 4) is 22.8 Å². The second-order valence-electron chi connectivity index (χ2n) is 8.04. The van der Waals surface area contributed by atoms with Gasteiger partial charge in [0.15, 0.2) is 6.61 Å². The molecule has 10 heteroatoms. The lowest BCUT2D eigenvalue weighted by atomic mass is 9.95. The van der Waals surface area contributed by atoms with Gasteiger partial charge in [0.1, 0.15) is 23.9 Å². The molecule has 1 aliphatic rings. The largest absolute Gasteiger partial charge is 0.492 e. The van der Waals surface area contributed by atoms with Gasteiger partial charge in [0, 0.05) is 25.9 Å². The number of halogens is 1. The van der Waals surface area contributed by atoms with Crippen molar-refractivity contribution in [1.29, 1.82) is 0 Å². The zero-order chi connectivity index (χ0) is 24.2. The molecule has 2 amide bonds. The minimum atomic E-state index is -0.521. The third-order valence-electron chi connectivity index (χ3n) is 5.36. The Morgan fingerprint density at radius 1 is 1.24 bits per heavy atom.